The summed E-state index contributed by atoms with van der Waals surface area (Å²) in [5, 5.41) is 13.6. The molecule has 1 aromatic carbocycles. The van der Waals surface area contributed by atoms with Crippen molar-refractivity contribution in [2.45, 2.75) is 32.4 Å². The van der Waals surface area contributed by atoms with E-state index < -0.39 is 29.9 Å². The fourth-order valence-corrected chi connectivity index (χ4v) is 1.64. The van der Waals surface area contributed by atoms with Gasteiger partial charge in [0.2, 0.25) is 0 Å². The first-order valence-corrected chi connectivity index (χ1v) is 6.00. The molecular formula is C13H17FN2O3. The quantitative estimate of drug-likeness (QED) is 0.764. The van der Waals surface area contributed by atoms with E-state index in [-0.39, 0.29) is 6.42 Å². The van der Waals surface area contributed by atoms with Gasteiger partial charge in [-0.2, -0.15) is 0 Å². The Hall–Kier alpha value is -2.11. The minimum atomic E-state index is -1.10. The molecule has 0 fully saturated rings. The molecule has 0 saturated heterocycles. The molecule has 3 N–H and O–H groups in total. The summed E-state index contributed by atoms with van der Waals surface area (Å²) >= 11 is 0. The second-order valence-electron chi connectivity index (χ2n) is 4.16. The van der Waals surface area contributed by atoms with Gasteiger partial charge in [0.15, 0.2) is 0 Å². The minimum Gasteiger partial charge on any atom is -0.480 e. The van der Waals surface area contributed by atoms with E-state index in [2.05, 4.69) is 10.6 Å². The first kappa shape index (κ1) is 14.9. The number of nitrogens with one attached hydrogen (secondary N) is 2. The summed E-state index contributed by atoms with van der Waals surface area (Å²) in [7, 11) is 0. The Balaban J connectivity index is 2.62. The van der Waals surface area contributed by atoms with Gasteiger partial charge in [-0.15, -0.1) is 0 Å². The van der Waals surface area contributed by atoms with Gasteiger partial charge in [-0.05, 0) is 19.4 Å². The number of urea groups is 1. The van der Waals surface area contributed by atoms with Crippen LogP contribution in [0.3, 0.4) is 0 Å². The summed E-state index contributed by atoms with van der Waals surface area (Å²) < 4.78 is 13.5. The molecule has 0 aliphatic heterocycles. The van der Waals surface area contributed by atoms with Gasteiger partial charge in [-0.1, -0.05) is 25.1 Å². The molecule has 0 heterocycles. The van der Waals surface area contributed by atoms with Crippen molar-refractivity contribution >= 4 is 12.0 Å². The molecule has 1 rings (SSSR count). The summed E-state index contributed by atoms with van der Waals surface area (Å²) in [6.45, 7) is 3.28. The first-order valence-electron chi connectivity index (χ1n) is 6.00. The van der Waals surface area contributed by atoms with Crippen LogP contribution in [0.2, 0.25) is 0 Å². The van der Waals surface area contributed by atoms with E-state index >= 15 is 0 Å². The average Bonchev–Trinajstić information content (AvgIpc) is 2.35. The van der Waals surface area contributed by atoms with Crippen LogP contribution >= 0.6 is 0 Å². The monoisotopic (exact) mass is 268 g/mol. The molecule has 0 aromatic heterocycles. The maximum Gasteiger partial charge on any atom is 0.326 e. The Morgan fingerprint density at radius 1 is 1.32 bits per heavy atom. The highest BCUT2D eigenvalue weighted by atomic mass is 19.1. The average molecular weight is 268 g/mol. The van der Waals surface area contributed by atoms with Crippen molar-refractivity contribution in [3.8, 4) is 0 Å². The Morgan fingerprint density at radius 3 is 2.47 bits per heavy atom. The topological polar surface area (TPSA) is 78.4 Å². The van der Waals surface area contributed by atoms with E-state index in [4.69, 9.17) is 5.11 Å². The summed E-state index contributed by atoms with van der Waals surface area (Å²) in [5.41, 5.74) is 0.348. The third-order valence-corrected chi connectivity index (χ3v) is 2.73. The third kappa shape index (κ3) is 4.24. The Morgan fingerprint density at radius 2 is 1.95 bits per heavy atom. The maximum absolute atomic E-state index is 13.5. The van der Waals surface area contributed by atoms with Crippen LogP contribution in [-0.4, -0.2) is 23.1 Å². The van der Waals surface area contributed by atoms with Crippen LogP contribution in [0, 0.1) is 5.82 Å². The summed E-state index contributed by atoms with van der Waals surface area (Å²) in [6, 6.07) is 3.96. The Kier molecular flexibility index (Phi) is 5.29. The number of amides is 2. The van der Waals surface area contributed by atoms with Crippen molar-refractivity contribution < 1.29 is 19.1 Å². The highest BCUT2D eigenvalue weighted by molar-refractivity contribution is 5.82. The highest BCUT2D eigenvalue weighted by Crippen LogP contribution is 2.15. The van der Waals surface area contributed by atoms with E-state index in [0.29, 0.717) is 5.56 Å². The number of halogens is 1. The molecule has 6 heteroatoms. The predicted octanol–water partition coefficient (Wildman–Crippen LogP) is 2.05. The van der Waals surface area contributed by atoms with E-state index in [9.17, 15) is 14.0 Å². The van der Waals surface area contributed by atoms with Crippen LogP contribution in [0.15, 0.2) is 24.3 Å². The molecule has 0 bridgehead atoms. The van der Waals surface area contributed by atoms with Crippen molar-refractivity contribution in [2.24, 2.45) is 0 Å². The van der Waals surface area contributed by atoms with E-state index in [0.717, 1.165) is 0 Å². The molecule has 5 nitrogen and oxygen atoms in total. The van der Waals surface area contributed by atoms with Crippen molar-refractivity contribution in [1.82, 2.24) is 10.6 Å². The largest absolute Gasteiger partial charge is 0.480 e. The summed E-state index contributed by atoms with van der Waals surface area (Å²) in [5.74, 6) is -1.52. The van der Waals surface area contributed by atoms with Crippen molar-refractivity contribution in [1.29, 1.82) is 0 Å². The van der Waals surface area contributed by atoms with E-state index in [1.807, 2.05) is 0 Å². The Bertz CT molecular complexity index is 465. The lowest BCUT2D eigenvalue weighted by Gasteiger charge is -2.18. The van der Waals surface area contributed by atoms with Crippen LogP contribution in [0.25, 0.3) is 0 Å². The molecular weight excluding hydrogens is 251 g/mol. The number of benzene rings is 1. The predicted molar refractivity (Wildman–Crippen MR) is 68.2 cm³/mol. The lowest BCUT2D eigenvalue weighted by Crippen LogP contribution is -2.46. The molecule has 1 unspecified atom stereocenters. The fourth-order valence-electron chi connectivity index (χ4n) is 1.64. The fraction of sp³-hybridized carbons (Fsp3) is 0.385. The standard InChI is InChI=1S/C13H17FN2O3/c1-3-11(12(17)18)16-13(19)15-8(2)9-6-4-5-7-10(9)14/h4-8,11H,3H2,1-2H3,(H,17,18)(H2,15,16,19)/t8?,11-/m1/s1. The van der Waals surface area contributed by atoms with Gasteiger partial charge in [-0.25, -0.2) is 14.0 Å². The van der Waals surface area contributed by atoms with E-state index in [1.165, 1.54) is 6.07 Å². The SMILES string of the molecule is CC[C@@H](NC(=O)NC(C)c1ccccc1F)C(=O)O. The van der Waals surface area contributed by atoms with Gasteiger partial charge >= 0.3 is 12.0 Å². The van der Waals surface area contributed by atoms with Crippen LogP contribution < -0.4 is 10.6 Å². The number of hydrogen-bond donors (Lipinski definition) is 3. The number of carboxylic acids is 1. The molecule has 0 aliphatic rings. The highest BCUT2D eigenvalue weighted by Gasteiger charge is 2.19. The zero-order valence-corrected chi connectivity index (χ0v) is 10.8. The van der Waals surface area contributed by atoms with Crippen LogP contribution in [0.4, 0.5) is 9.18 Å². The summed E-state index contributed by atoms with van der Waals surface area (Å²) in [4.78, 5) is 22.4. The Labute approximate surface area is 110 Å². The van der Waals surface area contributed by atoms with Crippen LogP contribution in [0.5, 0.6) is 0 Å². The first-order chi connectivity index (χ1) is 8.95. The van der Waals surface area contributed by atoms with Gasteiger partial charge in [0.1, 0.15) is 11.9 Å². The van der Waals surface area contributed by atoms with Gasteiger partial charge in [0.05, 0.1) is 6.04 Å². The molecule has 19 heavy (non-hydrogen) atoms. The van der Waals surface area contributed by atoms with E-state index in [1.54, 1.807) is 32.0 Å². The molecule has 0 saturated carbocycles. The number of carbonyl (C=O) groups is 2. The van der Waals surface area contributed by atoms with Crippen LogP contribution in [0.1, 0.15) is 31.9 Å². The third-order valence-electron chi connectivity index (χ3n) is 2.73. The molecule has 104 valence electrons. The number of carboxylic acid groups (broad SMARTS) is 1. The molecule has 2 amide bonds. The summed E-state index contributed by atoms with van der Waals surface area (Å²) in [6.07, 6.45) is 0.275. The molecule has 0 aliphatic carbocycles. The maximum atomic E-state index is 13.5. The molecule has 2 atom stereocenters. The molecule has 0 radical (unpaired) electrons. The number of rotatable bonds is 5. The lowest BCUT2D eigenvalue weighted by molar-refractivity contribution is -0.139. The van der Waals surface area contributed by atoms with Crippen molar-refractivity contribution in [2.75, 3.05) is 0 Å². The van der Waals surface area contributed by atoms with Crippen molar-refractivity contribution in [3.63, 3.8) is 0 Å². The zero-order chi connectivity index (χ0) is 14.4. The zero-order valence-electron chi connectivity index (χ0n) is 10.8. The minimum absolute atomic E-state index is 0.275. The lowest BCUT2D eigenvalue weighted by atomic mass is 10.1. The van der Waals surface area contributed by atoms with Gasteiger partial charge in [0.25, 0.3) is 0 Å². The number of hydrogen-bond acceptors (Lipinski definition) is 2. The number of aliphatic carboxylic acids is 1. The molecule has 1 aromatic rings. The van der Waals surface area contributed by atoms with Gasteiger partial charge in [0, 0.05) is 5.56 Å². The van der Waals surface area contributed by atoms with Crippen molar-refractivity contribution in [3.05, 3.63) is 35.6 Å². The molecule has 0 spiro atoms. The number of carbonyl (C=O) groups excluding carboxylic acids is 1. The second-order valence-corrected chi connectivity index (χ2v) is 4.16. The van der Waals surface area contributed by atoms with Gasteiger partial charge < -0.3 is 15.7 Å². The second kappa shape index (κ2) is 6.72. The smallest absolute Gasteiger partial charge is 0.326 e. The van der Waals surface area contributed by atoms with Crippen LogP contribution in [-0.2, 0) is 4.79 Å². The van der Waals surface area contributed by atoms with Gasteiger partial charge in [-0.3, -0.25) is 0 Å². The normalized spacial score (nSPS) is 13.4.